The van der Waals surface area contributed by atoms with E-state index in [0.29, 0.717) is 27.3 Å². The number of nitrogens with one attached hydrogen (secondary N) is 1. The second-order valence-electron chi connectivity index (χ2n) is 3.83. The van der Waals surface area contributed by atoms with E-state index >= 15 is 0 Å². The van der Waals surface area contributed by atoms with Crippen LogP contribution < -0.4 is 5.32 Å². The molecule has 0 saturated heterocycles. The van der Waals surface area contributed by atoms with Crippen LogP contribution in [0.15, 0.2) is 34.8 Å². The zero-order valence-electron chi connectivity index (χ0n) is 9.68. The standard InChI is InChI=1S/C13H6BrClF3NO/c14-8-2-1-7(15)5-11(8)19-13(20)6-3-9(16)12(18)10(17)4-6/h1-5H,(H,19,20). The molecule has 0 aromatic heterocycles. The summed E-state index contributed by atoms with van der Waals surface area (Å²) >= 11 is 8.97. The first-order valence-electron chi connectivity index (χ1n) is 5.29. The van der Waals surface area contributed by atoms with Crippen LogP contribution in [0.3, 0.4) is 0 Å². The lowest BCUT2D eigenvalue weighted by atomic mass is 10.2. The van der Waals surface area contributed by atoms with Crippen LogP contribution in [0, 0.1) is 17.5 Å². The number of carbonyl (C=O) groups is 1. The average Bonchev–Trinajstić information content (AvgIpc) is 2.39. The molecule has 0 fully saturated rings. The number of hydrogen-bond acceptors (Lipinski definition) is 1. The van der Waals surface area contributed by atoms with Crippen molar-refractivity contribution in [1.29, 1.82) is 0 Å². The molecule has 0 aliphatic carbocycles. The molecule has 0 atom stereocenters. The van der Waals surface area contributed by atoms with Crippen LogP contribution >= 0.6 is 27.5 Å². The van der Waals surface area contributed by atoms with Gasteiger partial charge in [-0.25, -0.2) is 13.2 Å². The molecule has 1 N–H and O–H groups in total. The number of halogens is 5. The first-order valence-corrected chi connectivity index (χ1v) is 6.46. The summed E-state index contributed by atoms with van der Waals surface area (Å²) in [5.74, 6) is -5.27. The molecule has 0 radical (unpaired) electrons. The Hall–Kier alpha value is -1.53. The van der Waals surface area contributed by atoms with E-state index in [1.807, 2.05) is 0 Å². The maximum Gasteiger partial charge on any atom is 0.255 e. The molecule has 0 bridgehead atoms. The van der Waals surface area contributed by atoms with Crippen LogP contribution in [0.1, 0.15) is 10.4 Å². The van der Waals surface area contributed by atoms with Crippen molar-refractivity contribution in [2.75, 3.05) is 5.32 Å². The predicted molar refractivity (Wildman–Crippen MR) is 73.4 cm³/mol. The molecule has 104 valence electrons. The van der Waals surface area contributed by atoms with Crippen molar-refractivity contribution in [3.8, 4) is 0 Å². The van der Waals surface area contributed by atoms with Gasteiger partial charge in [0.1, 0.15) is 0 Å². The van der Waals surface area contributed by atoms with Gasteiger partial charge < -0.3 is 5.32 Å². The Labute approximate surface area is 125 Å². The van der Waals surface area contributed by atoms with Crippen LogP contribution in [0.4, 0.5) is 18.9 Å². The fourth-order valence-electron chi connectivity index (χ4n) is 1.47. The second-order valence-corrected chi connectivity index (χ2v) is 5.12. The third-order valence-electron chi connectivity index (χ3n) is 2.42. The summed E-state index contributed by atoms with van der Waals surface area (Å²) < 4.78 is 39.5. The predicted octanol–water partition coefficient (Wildman–Crippen LogP) is 4.77. The fourth-order valence-corrected chi connectivity index (χ4v) is 1.99. The van der Waals surface area contributed by atoms with Gasteiger partial charge in [-0.2, -0.15) is 0 Å². The summed E-state index contributed by atoms with van der Waals surface area (Å²) in [4.78, 5) is 11.9. The summed E-state index contributed by atoms with van der Waals surface area (Å²) in [5, 5.41) is 2.79. The molecule has 2 nitrogen and oxygen atoms in total. The third kappa shape index (κ3) is 3.13. The molecule has 2 aromatic rings. The first-order chi connectivity index (χ1) is 9.38. The summed E-state index contributed by atoms with van der Waals surface area (Å²) in [6.45, 7) is 0. The smallest absolute Gasteiger partial charge is 0.255 e. The van der Waals surface area contributed by atoms with Gasteiger partial charge in [0.25, 0.3) is 5.91 Å². The van der Waals surface area contributed by atoms with Crippen molar-refractivity contribution in [2.45, 2.75) is 0 Å². The van der Waals surface area contributed by atoms with Gasteiger partial charge in [-0.15, -0.1) is 0 Å². The van der Waals surface area contributed by atoms with Crippen molar-refractivity contribution in [2.24, 2.45) is 0 Å². The average molecular weight is 365 g/mol. The zero-order chi connectivity index (χ0) is 14.9. The largest absolute Gasteiger partial charge is 0.321 e. The molecule has 7 heteroatoms. The van der Waals surface area contributed by atoms with E-state index < -0.39 is 23.4 Å². The summed E-state index contributed by atoms with van der Waals surface area (Å²) in [6, 6.07) is 5.89. The fraction of sp³-hybridized carbons (Fsp3) is 0. The van der Waals surface area contributed by atoms with Gasteiger partial charge >= 0.3 is 0 Å². The molecule has 0 spiro atoms. The molecular weight excluding hydrogens is 358 g/mol. The number of benzene rings is 2. The van der Waals surface area contributed by atoms with E-state index in [0.717, 1.165) is 0 Å². The molecular formula is C13H6BrClF3NO. The normalized spacial score (nSPS) is 10.4. The van der Waals surface area contributed by atoms with E-state index in [4.69, 9.17) is 11.6 Å². The maximum atomic E-state index is 13.1. The Morgan fingerprint density at radius 2 is 1.70 bits per heavy atom. The van der Waals surface area contributed by atoms with Crippen molar-refractivity contribution in [1.82, 2.24) is 0 Å². The lowest BCUT2D eigenvalue weighted by Gasteiger charge is -2.08. The molecule has 20 heavy (non-hydrogen) atoms. The lowest BCUT2D eigenvalue weighted by molar-refractivity contribution is 0.102. The molecule has 2 rings (SSSR count). The van der Waals surface area contributed by atoms with E-state index in [1.165, 1.54) is 6.07 Å². The van der Waals surface area contributed by atoms with Crippen LogP contribution in [0.25, 0.3) is 0 Å². The van der Waals surface area contributed by atoms with E-state index in [-0.39, 0.29) is 5.56 Å². The van der Waals surface area contributed by atoms with Gasteiger partial charge in [0.2, 0.25) is 0 Å². The molecule has 0 aliphatic heterocycles. The Morgan fingerprint density at radius 1 is 1.10 bits per heavy atom. The monoisotopic (exact) mass is 363 g/mol. The Bertz CT molecular complexity index is 670. The first kappa shape index (κ1) is 14.9. The van der Waals surface area contributed by atoms with Gasteiger partial charge in [-0.05, 0) is 46.3 Å². The minimum Gasteiger partial charge on any atom is -0.321 e. The Kier molecular flexibility index (Phi) is 4.35. The van der Waals surface area contributed by atoms with Gasteiger partial charge in [-0.3, -0.25) is 4.79 Å². The number of carbonyl (C=O) groups excluding carboxylic acids is 1. The van der Waals surface area contributed by atoms with Crippen LogP contribution in [-0.4, -0.2) is 5.91 Å². The van der Waals surface area contributed by atoms with E-state index in [2.05, 4.69) is 21.2 Å². The van der Waals surface area contributed by atoms with Crippen LogP contribution in [-0.2, 0) is 0 Å². The molecule has 1 amide bonds. The SMILES string of the molecule is O=C(Nc1cc(Cl)ccc1Br)c1cc(F)c(F)c(F)c1. The Balaban J connectivity index is 2.31. The van der Waals surface area contributed by atoms with E-state index in [9.17, 15) is 18.0 Å². The van der Waals surface area contributed by atoms with Crippen LogP contribution in [0.2, 0.25) is 5.02 Å². The number of amides is 1. The molecule has 0 unspecified atom stereocenters. The van der Waals surface area contributed by atoms with E-state index in [1.54, 1.807) is 12.1 Å². The summed E-state index contributed by atoms with van der Waals surface area (Å²) in [7, 11) is 0. The van der Waals surface area contributed by atoms with Gasteiger partial charge in [0.05, 0.1) is 5.69 Å². The molecule has 0 heterocycles. The quantitative estimate of drug-likeness (QED) is 0.764. The highest BCUT2D eigenvalue weighted by atomic mass is 79.9. The van der Waals surface area contributed by atoms with Crippen molar-refractivity contribution in [3.05, 3.63) is 62.8 Å². The van der Waals surface area contributed by atoms with Crippen molar-refractivity contribution < 1.29 is 18.0 Å². The minimum atomic E-state index is -1.62. The minimum absolute atomic E-state index is 0.327. The third-order valence-corrected chi connectivity index (χ3v) is 3.35. The topological polar surface area (TPSA) is 29.1 Å². The highest BCUT2D eigenvalue weighted by Gasteiger charge is 2.16. The van der Waals surface area contributed by atoms with Crippen molar-refractivity contribution >= 4 is 39.1 Å². The zero-order valence-corrected chi connectivity index (χ0v) is 12.0. The highest BCUT2D eigenvalue weighted by Crippen LogP contribution is 2.26. The van der Waals surface area contributed by atoms with Crippen molar-refractivity contribution in [3.63, 3.8) is 0 Å². The lowest BCUT2D eigenvalue weighted by Crippen LogP contribution is -2.13. The molecule has 0 saturated carbocycles. The number of hydrogen-bond donors (Lipinski definition) is 1. The summed E-state index contributed by atoms with van der Waals surface area (Å²) in [6.07, 6.45) is 0. The van der Waals surface area contributed by atoms with Gasteiger partial charge in [-0.1, -0.05) is 11.6 Å². The Morgan fingerprint density at radius 3 is 2.30 bits per heavy atom. The molecule has 2 aromatic carbocycles. The highest BCUT2D eigenvalue weighted by molar-refractivity contribution is 9.10. The second kappa shape index (κ2) is 5.85. The van der Waals surface area contributed by atoms with Gasteiger partial charge in [0.15, 0.2) is 17.5 Å². The maximum absolute atomic E-state index is 13.1. The van der Waals surface area contributed by atoms with Crippen LogP contribution in [0.5, 0.6) is 0 Å². The number of anilines is 1. The summed E-state index contributed by atoms with van der Waals surface area (Å²) in [5.41, 5.74) is -0.0130. The number of rotatable bonds is 2. The van der Waals surface area contributed by atoms with Gasteiger partial charge in [0, 0.05) is 15.1 Å². The molecule has 0 aliphatic rings.